The number of halogens is 1. The summed E-state index contributed by atoms with van der Waals surface area (Å²) in [4.78, 5) is 11.9. The number of hydrogen-bond acceptors (Lipinski definition) is 1. The predicted molar refractivity (Wildman–Crippen MR) is 69.3 cm³/mol. The average Bonchev–Trinajstić information content (AvgIpc) is 2.21. The van der Waals surface area contributed by atoms with Gasteiger partial charge in [0.05, 0.1) is 5.54 Å². The smallest absolute Gasteiger partial charge is 0.252 e. The third-order valence-corrected chi connectivity index (χ3v) is 3.10. The van der Waals surface area contributed by atoms with Crippen LogP contribution >= 0.6 is 15.9 Å². The standard InChI is InChI=1S/C13H14BrNO/c1-5-13(3,4)15-12(16)10-6-7-11(14)9(2)8-10/h1,6-8H,2-4H3,(H,15,16). The Balaban J connectivity index is 2.91. The van der Waals surface area contributed by atoms with E-state index >= 15 is 0 Å². The highest BCUT2D eigenvalue weighted by Gasteiger charge is 2.18. The summed E-state index contributed by atoms with van der Waals surface area (Å²) in [6.45, 7) is 5.51. The first-order valence-corrected chi connectivity index (χ1v) is 5.71. The Labute approximate surface area is 105 Å². The van der Waals surface area contributed by atoms with Gasteiger partial charge in [-0.05, 0) is 44.5 Å². The number of hydrogen-bond donors (Lipinski definition) is 1. The molecule has 0 aromatic heterocycles. The molecule has 0 bridgehead atoms. The SMILES string of the molecule is C#CC(C)(C)NC(=O)c1ccc(Br)c(C)c1. The summed E-state index contributed by atoms with van der Waals surface area (Å²) in [5, 5.41) is 2.78. The molecule has 1 N–H and O–H groups in total. The van der Waals surface area contributed by atoms with Gasteiger partial charge >= 0.3 is 0 Å². The number of terminal acetylenes is 1. The number of nitrogens with one attached hydrogen (secondary N) is 1. The minimum absolute atomic E-state index is 0.154. The van der Waals surface area contributed by atoms with Crippen LogP contribution < -0.4 is 5.32 Å². The third-order valence-electron chi connectivity index (χ3n) is 2.21. The van der Waals surface area contributed by atoms with Gasteiger partial charge < -0.3 is 5.32 Å². The molecule has 0 unspecified atom stereocenters. The van der Waals surface area contributed by atoms with E-state index in [1.807, 2.05) is 19.1 Å². The Morgan fingerprint density at radius 3 is 2.62 bits per heavy atom. The fraction of sp³-hybridized carbons (Fsp3) is 0.308. The molecule has 0 aliphatic rings. The van der Waals surface area contributed by atoms with Gasteiger partial charge in [-0.25, -0.2) is 0 Å². The molecule has 0 saturated carbocycles. The minimum atomic E-state index is -0.627. The molecule has 2 nitrogen and oxygen atoms in total. The van der Waals surface area contributed by atoms with E-state index in [9.17, 15) is 4.79 Å². The Bertz CT molecular complexity index is 457. The van der Waals surface area contributed by atoms with Gasteiger partial charge in [0.15, 0.2) is 0 Å². The molecule has 0 saturated heterocycles. The first kappa shape index (κ1) is 12.8. The molecule has 3 heteroatoms. The van der Waals surface area contributed by atoms with Crippen LogP contribution in [0.2, 0.25) is 0 Å². The van der Waals surface area contributed by atoms with E-state index in [1.54, 1.807) is 19.9 Å². The maximum absolute atomic E-state index is 11.9. The fourth-order valence-electron chi connectivity index (χ4n) is 1.18. The second-order valence-electron chi connectivity index (χ2n) is 4.19. The lowest BCUT2D eigenvalue weighted by atomic mass is 10.1. The lowest BCUT2D eigenvalue weighted by molar-refractivity contribution is 0.0930. The molecule has 0 spiro atoms. The van der Waals surface area contributed by atoms with E-state index in [4.69, 9.17) is 6.42 Å². The average molecular weight is 280 g/mol. The molecule has 1 aromatic rings. The maximum Gasteiger partial charge on any atom is 0.252 e. The maximum atomic E-state index is 11.9. The van der Waals surface area contributed by atoms with Gasteiger partial charge in [-0.1, -0.05) is 21.9 Å². The highest BCUT2D eigenvalue weighted by molar-refractivity contribution is 9.10. The molecule has 16 heavy (non-hydrogen) atoms. The number of carbonyl (C=O) groups excluding carboxylic acids is 1. The molecule has 1 aromatic carbocycles. The molecule has 0 aliphatic carbocycles. The number of rotatable bonds is 2. The van der Waals surface area contributed by atoms with Gasteiger partial charge in [0.2, 0.25) is 0 Å². The Morgan fingerprint density at radius 2 is 2.12 bits per heavy atom. The summed E-state index contributed by atoms with van der Waals surface area (Å²) in [7, 11) is 0. The zero-order valence-electron chi connectivity index (χ0n) is 9.60. The zero-order valence-corrected chi connectivity index (χ0v) is 11.2. The second-order valence-corrected chi connectivity index (χ2v) is 5.04. The van der Waals surface area contributed by atoms with Crippen LogP contribution in [0, 0.1) is 19.3 Å². The van der Waals surface area contributed by atoms with Gasteiger partial charge in [-0.2, -0.15) is 0 Å². The summed E-state index contributed by atoms with van der Waals surface area (Å²) in [5.41, 5.74) is 1.01. The van der Waals surface area contributed by atoms with Crippen molar-refractivity contribution in [2.45, 2.75) is 26.3 Å². The predicted octanol–water partition coefficient (Wildman–Crippen LogP) is 2.90. The largest absolute Gasteiger partial charge is 0.336 e. The number of carbonyl (C=O) groups is 1. The molecule has 84 valence electrons. The highest BCUT2D eigenvalue weighted by Crippen LogP contribution is 2.17. The van der Waals surface area contributed by atoms with Gasteiger partial charge in [0.25, 0.3) is 5.91 Å². The van der Waals surface area contributed by atoms with E-state index in [-0.39, 0.29) is 5.91 Å². The topological polar surface area (TPSA) is 29.1 Å². The molecule has 1 rings (SSSR count). The van der Waals surface area contributed by atoms with Crippen molar-refractivity contribution >= 4 is 21.8 Å². The van der Waals surface area contributed by atoms with Gasteiger partial charge in [-0.15, -0.1) is 6.42 Å². The van der Waals surface area contributed by atoms with Crippen LogP contribution in [0.5, 0.6) is 0 Å². The Kier molecular flexibility index (Phi) is 3.77. The van der Waals surface area contributed by atoms with Crippen LogP contribution in [-0.2, 0) is 0 Å². The normalized spacial score (nSPS) is 10.7. The van der Waals surface area contributed by atoms with Crippen molar-refractivity contribution in [3.8, 4) is 12.3 Å². The quantitative estimate of drug-likeness (QED) is 0.829. The molecule has 0 radical (unpaired) electrons. The minimum Gasteiger partial charge on any atom is -0.336 e. The summed E-state index contributed by atoms with van der Waals surface area (Å²) in [6.07, 6.45) is 5.31. The van der Waals surface area contributed by atoms with Gasteiger partial charge in [0, 0.05) is 10.0 Å². The fourth-order valence-corrected chi connectivity index (χ4v) is 1.42. The van der Waals surface area contributed by atoms with Crippen molar-refractivity contribution in [1.82, 2.24) is 5.32 Å². The number of amides is 1. The van der Waals surface area contributed by atoms with Crippen LogP contribution in [0.1, 0.15) is 29.8 Å². The van der Waals surface area contributed by atoms with Crippen LogP contribution in [0.4, 0.5) is 0 Å². The van der Waals surface area contributed by atoms with E-state index in [2.05, 4.69) is 27.2 Å². The first-order valence-electron chi connectivity index (χ1n) is 4.92. The molecule has 1 amide bonds. The van der Waals surface area contributed by atoms with Crippen LogP contribution in [0.25, 0.3) is 0 Å². The van der Waals surface area contributed by atoms with Crippen molar-refractivity contribution < 1.29 is 4.79 Å². The summed E-state index contributed by atoms with van der Waals surface area (Å²) >= 11 is 3.39. The Morgan fingerprint density at radius 1 is 1.50 bits per heavy atom. The van der Waals surface area contributed by atoms with Crippen LogP contribution in [0.3, 0.4) is 0 Å². The van der Waals surface area contributed by atoms with E-state index < -0.39 is 5.54 Å². The van der Waals surface area contributed by atoms with Gasteiger partial charge in [0.1, 0.15) is 0 Å². The van der Waals surface area contributed by atoms with Gasteiger partial charge in [-0.3, -0.25) is 4.79 Å². The van der Waals surface area contributed by atoms with E-state index in [1.165, 1.54) is 0 Å². The van der Waals surface area contributed by atoms with E-state index in [0.29, 0.717) is 5.56 Å². The highest BCUT2D eigenvalue weighted by atomic mass is 79.9. The molecule has 0 atom stereocenters. The van der Waals surface area contributed by atoms with Crippen molar-refractivity contribution in [2.75, 3.05) is 0 Å². The lowest BCUT2D eigenvalue weighted by Gasteiger charge is -2.19. The first-order chi connectivity index (χ1) is 7.35. The summed E-state index contributed by atoms with van der Waals surface area (Å²) in [6, 6.07) is 5.44. The molecule has 0 aliphatic heterocycles. The van der Waals surface area contributed by atoms with Crippen LogP contribution in [0.15, 0.2) is 22.7 Å². The van der Waals surface area contributed by atoms with Crippen molar-refractivity contribution in [3.63, 3.8) is 0 Å². The van der Waals surface area contributed by atoms with E-state index in [0.717, 1.165) is 10.0 Å². The van der Waals surface area contributed by atoms with Crippen molar-refractivity contribution in [3.05, 3.63) is 33.8 Å². The third kappa shape index (κ3) is 3.11. The monoisotopic (exact) mass is 279 g/mol. The molecular formula is C13H14BrNO. The summed E-state index contributed by atoms with van der Waals surface area (Å²) in [5.74, 6) is 2.37. The molecule has 0 heterocycles. The van der Waals surface area contributed by atoms with Crippen molar-refractivity contribution in [2.24, 2.45) is 0 Å². The molecule has 0 fully saturated rings. The lowest BCUT2D eigenvalue weighted by Crippen LogP contribution is -2.42. The Hall–Kier alpha value is -1.27. The van der Waals surface area contributed by atoms with Crippen LogP contribution in [-0.4, -0.2) is 11.4 Å². The van der Waals surface area contributed by atoms with Crippen molar-refractivity contribution in [1.29, 1.82) is 0 Å². The zero-order chi connectivity index (χ0) is 12.3. The second kappa shape index (κ2) is 4.71. The number of benzene rings is 1. The molecular weight excluding hydrogens is 266 g/mol. The number of aryl methyl sites for hydroxylation is 1. The summed E-state index contributed by atoms with van der Waals surface area (Å²) < 4.78 is 0.986.